The maximum absolute atomic E-state index is 5.51. The van der Waals surface area contributed by atoms with Gasteiger partial charge >= 0.3 is 0 Å². The molecule has 0 bridgehead atoms. The Kier molecular flexibility index (Phi) is 9.43. The maximum atomic E-state index is 5.51. The van der Waals surface area contributed by atoms with Gasteiger partial charge in [0.15, 0.2) is 0 Å². The van der Waals surface area contributed by atoms with Crippen molar-refractivity contribution in [3.05, 3.63) is 36.4 Å². The number of hydrogen-bond acceptors (Lipinski definition) is 2. The van der Waals surface area contributed by atoms with Crippen molar-refractivity contribution >= 4 is 6.08 Å². The summed E-state index contributed by atoms with van der Waals surface area (Å²) >= 11 is 0. The summed E-state index contributed by atoms with van der Waals surface area (Å²) in [5.41, 5.74) is 1.13. The molecule has 0 radical (unpaired) electrons. The lowest BCUT2D eigenvalue weighted by atomic mass is 10.2. The van der Waals surface area contributed by atoms with Crippen LogP contribution in [0.4, 0.5) is 0 Å². The summed E-state index contributed by atoms with van der Waals surface area (Å²) < 4.78 is 5.51. The van der Waals surface area contributed by atoms with Crippen LogP contribution >= 0.6 is 0 Å². The van der Waals surface area contributed by atoms with Crippen LogP contribution in [0.25, 0.3) is 6.08 Å². The van der Waals surface area contributed by atoms with Crippen LogP contribution in [-0.4, -0.2) is 20.7 Å². The predicted molar refractivity (Wildman–Crippen MR) is 71.9 cm³/mol. The normalized spacial score (nSPS) is 8.94. The summed E-state index contributed by atoms with van der Waals surface area (Å²) in [4.78, 5) is 0. The van der Waals surface area contributed by atoms with Crippen molar-refractivity contribution in [1.29, 1.82) is 0 Å². The van der Waals surface area contributed by atoms with Crippen LogP contribution < -0.4 is 10.1 Å². The van der Waals surface area contributed by atoms with E-state index in [2.05, 4.69) is 18.8 Å². The summed E-state index contributed by atoms with van der Waals surface area (Å²) in [5, 5.41) is 2.75. The molecular weight excluding hydrogens is 198 g/mol. The molecular formula is C14H23NO. The summed E-state index contributed by atoms with van der Waals surface area (Å²) in [6, 6.07) is 7.97. The number of unbranched alkanes of at least 4 members (excludes halogenated alkanes) is 1. The Morgan fingerprint density at radius 2 is 1.81 bits per heavy atom. The molecule has 2 heteroatoms. The number of benzene rings is 1. The molecule has 0 saturated carbocycles. The lowest BCUT2D eigenvalue weighted by Gasteiger charge is -2.04. The van der Waals surface area contributed by atoms with Gasteiger partial charge in [0.05, 0.1) is 6.61 Å². The first kappa shape index (κ1) is 14.7. The van der Waals surface area contributed by atoms with E-state index in [1.165, 1.54) is 6.42 Å². The molecule has 90 valence electrons. The van der Waals surface area contributed by atoms with Gasteiger partial charge in [0.25, 0.3) is 0 Å². The Labute approximate surface area is 99.3 Å². The monoisotopic (exact) mass is 221 g/mol. The molecule has 0 fully saturated rings. The van der Waals surface area contributed by atoms with Crippen LogP contribution in [0.15, 0.2) is 30.8 Å². The fourth-order valence-electron chi connectivity index (χ4n) is 1.03. The summed E-state index contributed by atoms with van der Waals surface area (Å²) in [7, 11) is 3.75. The van der Waals surface area contributed by atoms with E-state index in [0.29, 0.717) is 0 Å². The van der Waals surface area contributed by atoms with Crippen LogP contribution in [0.1, 0.15) is 25.3 Å². The molecule has 1 aromatic rings. The van der Waals surface area contributed by atoms with Crippen LogP contribution in [-0.2, 0) is 0 Å². The fourth-order valence-corrected chi connectivity index (χ4v) is 1.03. The smallest absolute Gasteiger partial charge is 0.119 e. The topological polar surface area (TPSA) is 21.3 Å². The summed E-state index contributed by atoms with van der Waals surface area (Å²) in [6.07, 6.45) is 4.11. The molecule has 0 spiro atoms. The highest BCUT2D eigenvalue weighted by molar-refractivity contribution is 5.48. The molecule has 0 aliphatic carbocycles. The zero-order valence-electron chi connectivity index (χ0n) is 10.6. The fraction of sp³-hybridized carbons (Fsp3) is 0.429. The van der Waals surface area contributed by atoms with Gasteiger partial charge < -0.3 is 10.1 Å². The van der Waals surface area contributed by atoms with Gasteiger partial charge in [-0.25, -0.2) is 0 Å². The first-order valence-electron chi connectivity index (χ1n) is 5.72. The van der Waals surface area contributed by atoms with Gasteiger partial charge in [-0.2, -0.15) is 0 Å². The summed E-state index contributed by atoms with van der Waals surface area (Å²) in [5.74, 6) is 0.944. The molecule has 1 N–H and O–H groups in total. The first-order valence-corrected chi connectivity index (χ1v) is 5.72. The standard InChI is InChI=1S/C12H16O.C2H7N/c1-3-5-10-13-12-8-6-11(4-2)7-9-12;1-3-2/h4,6-9H,2-3,5,10H2,1H3;3H,1-2H3. The highest BCUT2D eigenvalue weighted by Gasteiger charge is 1.91. The number of hydrogen-bond donors (Lipinski definition) is 1. The minimum absolute atomic E-state index is 0.809. The van der Waals surface area contributed by atoms with Crippen molar-refractivity contribution in [2.24, 2.45) is 0 Å². The van der Waals surface area contributed by atoms with Crippen molar-refractivity contribution in [2.75, 3.05) is 20.7 Å². The zero-order chi connectivity index (χ0) is 12.2. The molecule has 0 amide bonds. The lowest BCUT2D eigenvalue weighted by Crippen LogP contribution is -1.95. The minimum Gasteiger partial charge on any atom is -0.494 e. The second-order valence-corrected chi connectivity index (χ2v) is 3.48. The van der Waals surface area contributed by atoms with E-state index in [4.69, 9.17) is 4.74 Å². The number of ether oxygens (including phenoxy) is 1. The number of nitrogens with one attached hydrogen (secondary N) is 1. The van der Waals surface area contributed by atoms with E-state index < -0.39 is 0 Å². The lowest BCUT2D eigenvalue weighted by molar-refractivity contribution is 0.309. The average molecular weight is 221 g/mol. The first-order chi connectivity index (χ1) is 7.78. The average Bonchev–Trinajstić information content (AvgIpc) is 2.31. The van der Waals surface area contributed by atoms with Gasteiger partial charge in [0, 0.05) is 0 Å². The Hall–Kier alpha value is -1.28. The molecule has 0 unspecified atom stereocenters. The van der Waals surface area contributed by atoms with Crippen molar-refractivity contribution in [2.45, 2.75) is 19.8 Å². The van der Waals surface area contributed by atoms with Gasteiger partial charge in [0.1, 0.15) is 5.75 Å². The van der Waals surface area contributed by atoms with E-state index in [1.807, 2.05) is 44.4 Å². The van der Waals surface area contributed by atoms with E-state index in [0.717, 1.165) is 24.3 Å². The minimum atomic E-state index is 0.809. The Balaban J connectivity index is 0.000000673. The third-order valence-corrected chi connectivity index (χ3v) is 1.88. The molecule has 0 atom stereocenters. The SMILES string of the molecule is C=Cc1ccc(OCCCC)cc1.CNC. The van der Waals surface area contributed by atoms with Gasteiger partial charge in [0.2, 0.25) is 0 Å². The van der Waals surface area contributed by atoms with Crippen LogP contribution in [0.3, 0.4) is 0 Å². The predicted octanol–water partition coefficient (Wildman–Crippen LogP) is 3.34. The van der Waals surface area contributed by atoms with Gasteiger partial charge in [-0.3, -0.25) is 0 Å². The van der Waals surface area contributed by atoms with Crippen LogP contribution in [0, 0.1) is 0 Å². The molecule has 0 aliphatic rings. The van der Waals surface area contributed by atoms with Gasteiger partial charge in [-0.15, -0.1) is 0 Å². The highest BCUT2D eigenvalue weighted by Crippen LogP contribution is 2.12. The number of rotatable bonds is 5. The molecule has 2 nitrogen and oxygen atoms in total. The van der Waals surface area contributed by atoms with Crippen molar-refractivity contribution in [1.82, 2.24) is 5.32 Å². The second kappa shape index (κ2) is 10.2. The Morgan fingerprint density at radius 3 is 2.25 bits per heavy atom. The van der Waals surface area contributed by atoms with Crippen LogP contribution in [0.2, 0.25) is 0 Å². The third kappa shape index (κ3) is 7.07. The van der Waals surface area contributed by atoms with Gasteiger partial charge in [-0.05, 0) is 38.2 Å². The highest BCUT2D eigenvalue weighted by atomic mass is 16.5. The zero-order valence-corrected chi connectivity index (χ0v) is 10.6. The Bertz CT molecular complexity index is 267. The molecule has 0 heterocycles. The van der Waals surface area contributed by atoms with Crippen molar-refractivity contribution in [3.8, 4) is 5.75 Å². The third-order valence-electron chi connectivity index (χ3n) is 1.88. The Morgan fingerprint density at radius 1 is 1.25 bits per heavy atom. The molecule has 1 aromatic carbocycles. The van der Waals surface area contributed by atoms with Crippen molar-refractivity contribution in [3.63, 3.8) is 0 Å². The molecule has 0 aliphatic heterocycles. The van der Waals surface area contributed by atoms with E-state index in [-0.39, 0.29) is 0 Å². The molecule has 16 heavy (non-hydrogen) atoms. The molecule has 0 saturated heterocycles. The molecule has 0 aromatic heterocycles. The van der Waals surface area contributed by atoms with E-state index in [1.54, 1.807) is 0 Å². The summed E-state index contributed by atoms with van der Waals surface area (Å²) in [6.45, 7) is 6.66. The van der Waals surface area contributed by atoms with Crippen molar-refractivity contribution < 1.29 is 4.74 Å². The molecule has 1 rings (SSSR count). The van der Waals surface area contributed by atoms with E-state index in [9.17, 15) is 0 Å². The van der Waals surface area contributed by atoms with E-state index >= 15 is 0 Å². The quantitative estimate of drug-likeness (QED) is 0.770. The van der Waals surface area contributed by atoms with Crippen LogP contribution in [0.5, 0.6) is 5.75 Å². The largest absolute Gasteiger partial charge is 0.494 e. The van der Waals surface area contributed by atoms with Gasteiger partial charge in [-0.1, -0.05) is 38.1 Å². The second-order valence-electron chi connectivity index (χ2n) is 3.48. The maximum Gasteiger partial charge on any atom is 0.119 e.